The van der Waals surface area contributed by atoms with Crippen LogP contribution in [0.1, 0.15) is 49.4 Å². The van der Waals surface area contributed by atoms with Gasteiger partial charge in [-0.2, -0.15) is 0 Å². The molecule has 0 unspecified atom stereocenters. The van der Waals surface area contributed by atoms with E-state index in [9.17, 15) is 4.79 Å². The highest BCUT2D eigenvalue weighted by Crippen LogP contribution is 2.33. The minimum Gasteiger partial charge on any atom is -0.409 e. The van der Waals surface area contributed by atoms with Crippen LogP contribution in [0.3, 0.4) is 0 Å². The number of aromatic nitrogens is 3. The number of aromatic amines is 1. The summed E-state index contributed by atoms with van der Waals surface area (Å²) in [4.78, 5) is 13.1. The first-order chi connectivity index (χ1) is 10.2. The van der Waals surface area contributed by atoms with E-state index in [1.54, 1.807) is 0 Å². The van der Waals surface area contributed by atoms with Crippen LogP contribution in [0.15, 0.2) is 15.3 Å². The molecule has 2 aromatic rings. The highest BCUT2D eigenvalue weighted by atomic mass is 32.1. The molecular weight excluding hydrogens is 286 g/mol. The van der Waals surface area contributed by atoms with Gasteiger partial charge in [0.2, 0.25) is 0 Å². The van der Waals surface area contributed by atoms with Crippen LogP contribution in [0.4, 0.5) is 0 Å². The molecule has 1 saturated carbocycles. The lowest BCUT2D eigenvalue weighted by molar-refractivity contribution is 0.483. The predicted octanol–water partition coefficient (Wildman–Crippen LogP) is 3.16. The fourth-order valence-corrected chi connectivity index (χ4v) is 3.84. The number of hydrogen-bond acceptors (Lipinski definition) is 4. The van der Waals surface area contributed by atoms with Gasteiger partial charge in [0.15, 0.2) is 0 Å². The number of nitrogens with one attached hydrogen (secondary N) is 1. The fraction of sp³-hybridized carbons (Fsp3) is 0.533. The molecule has 2 aliphatic carbocycles. The van der Waals surface area contributed by atoms with Gasteiger partial charge in [-0.1, -0.05) is 12.8 Å². The lowest BCUT2D eigenvalue weighted by Gasteiger charge is -2.19. The highest BCUT2D eigenvalue weighted by molar-refractivity contribution is 7.71. The van der Waals surface area contributed by atoms with Crippen molar-refractivity contribution < 1.29 is 4.42 Å². The quantitative estimate of drug-likeness (QED) is 0.866. The smallest absolute Gasteiger partial charge is 0.284 e. The molecule has 0 bridgehead atoms. The molecule has 0 saturated heterocycles. The van der Waals surface area contributed by atoms with E-state index in [-0.39, 0.29) is 10.4 Å². The first-order valence-electron chi connectivity index (χ1n) is 7.57. The fourth-order valence-electron chi connectivity index (χ4n) is 3.72. The van der Waals surface area contributed by atoms with Crippen molar-refractivity contribution in [2.45, 2.75) is 51.0 Å². The number of nitrogens with zero attached hydrogens (tertiary/aromatic N) is 2. The number of H-pyrrole nitrogens is 1. The highest BCUT2D eigenvalue weighted by Gasteiger charge is 2.27. The zero-order valence-electron chi connectivity index (χ0n) is 11.7. The third kappa shape index (κ3) is 2.09. The zero-order valence-corrected chi connectivity index (χ0v) is 12.5. The van der Waals surface area contributed by atoms with Crippen molar-refractivity contribution in [3.63, 3.8) is 0 Å². The lowest BCUT2D eigenvalue weighted by Crippen LogP contribution is -2.28. The summed E-state index contributed by atoms with van der Waals surface area (Å²) in [6.07, 6.45) is 7.76. The Morgan fingerprint density at radius 1 is 1.29 bits per heavy atom. The molecule has 2 heterocycles. The van der Waals surface area contributed by atoms with Gasteiger partial charge in [-0.05, 0) is 56.0 Å². The van der Waals surface area contributed by atoms with Gasteiger partial charge in [-0.15, -0.1) is 5.10 Å². The second-order valence-corrected chi connectivity index (χ2v) is 6.29. The zero-order chi connectivity index (χ0) is 14.4. The molecule has 21 heavy (non-hydrogen) atoms. The summed E-state index contributed by atoms with van der Waals surface area (Å²) in [5.74, 6) is 0.312. The molecule has 1 fully saturated rings. The van der Waals surface area contributed by atoms with Crippen molar-refractivity contribution >= 4 is 12.2 Å². The van der Waals surface area contributed by atoms with Crippen molar-refractivity contribution in [3.8, 4) is 11.5 Å². The SMILES string of the molecule is O=c1c(-c2n[nH]c(=S)o2)cc2c(n1C1CCCC1)CCC2. The van der Waals surface area contributed by atoms with Gasteiger partial charge >= 0.3 is 0 Å². The number of fused-ring (bicyclic) bond motifs is 1. The second kappa shape index (κ2) is 4.94. The maximum Gasteiger partial charge on any atom is 0.284 e. The Kier molecular flexibility index (Phi) is 3.06. The molecule has 2 aromatic heterocycles. The number of hydrogen-bond donors (Lipinski definition) is 1. The predicted molar refractivity (Wildman–Crippen MR) is 80.9 cm³/mol. The molecule has 4 rings (SSSR count). The van der Waals surface area contributed by atoms with Gasteiger partial charge in [0.05, 0.1) is 0 Å². The Morgan fingerprint density at radius 2 is 2.10 bits per heavy atom. The summed E-state index contributed by atoms with van der Waals surface area (Å²) in [6, 6.07) is 2.29. The van der Waals surface area contributed by atoms with Crippen LogP contribution in [-0.2, 0) is 12.8 Å². The van der Waals surface area contributed by atoms with Crippen LogP contribution in [0.2, 0.25) is 0 Å². The van der Waals surface area contributed by atoms with Gasteiger partial charge in [0.25, 0.3) is 16.3 Å². The number of aryl methyl sites for hydroxylation is 1. The molecule has 0 amide bonds. The Balaban J connectivity index is 1.95. The van der Waals surface area contributed by atoms with Gasteiger partial charge in [-0.25, -0.2) is 5.10 Å². The van der Waals surface area contributed by atoms with E-state index in [1.165, 1.54) is 24.1 Å². The van der Waals surface area contributed by atoms with Gasteiger partial charge in [0, 0.05) is 11.7 Å². The molecule has 5 nitrogen and oxygen atoms in total. The van der Waals surface area contributed by atoms with Crippen LogP contribution in [0, 0.1) is 4.84 Å². The molecule has 2 aliphatic rings. The Labute approximate surface area is 127 Å². The molecule has 0 spiro atoms. The lowest BCUT2D eigenvalue weighted by atomic mass is 10.1. The van der Waals surface area contributed by atoms with Gasteiger partial charge in [0.1, 0.15) is 5.56 Å². The summed E-state index contributed by atoms with van der Waals surface area (Å²) < 4.78 is 7.39. The molecule has 0 radical (unpaired) electrons. The van der Waals surface area contributed by atoms with E-state index in [1.807, 2.05) is 10.6 Å². The Morgan fingerprint density at radius 3 is 2.81 bits per heavy atom. The summed E-state index contributed by atoms with van der Waals surface area (Å²) in [5, 5.41) is 6.63. The van der Waals surface area contributed by atoms with Crippen molar-refractivity contribution in [3.05, 3.63) is 32.5 Å². The van der Waals surface area contributed by atoms with Crippen LogP contribution in [-0.4, -0.2) is 14.8 Å². The number of rotatable bonds is 2. The van der Waals surface area contributed by atoms with Crippen LogP contribution in [0.5, 0.6) is 0 Å². The van der Waals surface area contributed by atoms with Crippen LogP contribution in [0.25, 0.3) is 11.5 Å². The first kappa shape index (κ1) is 13.0. The van der Waals surface area contributed by atoms with E-state index in [0.717, 1.165) is 32.1 Å². The number of pyridine rings is 1. The van der Waals surface area contributed by atoms with Crippen molar-refractivity contribution in [2.75, 3.05) is 0 Å². The average molecular weight is 303 g/mol. The van der Waals surface area contributed by atoms with E-state index < -0.39 is 0 Å². The normalized spacial score (nSPS) is 18.3. The molecule has 6 heteroatoms. The minimum absolute atomic E-state index is 0.0211. The third-order valence-corrected chi connectivity index (χ3v) is 4.82. The van der Waals surface area contributed by atoms with Crippen LogP contribution >= 0.6 is 12.2 Å². The summed E-state index contributed by atoms with van der Waals surface area (Å²) >= 11 is 4.92. The minimum atomic E-state index is 0.0211. The van der Waals surface area contributed by atoms with E-state index >= 15 is 0 Å². The summed E-state index contributed by atoms with van der Waals surface area (Å²) in [5.41, 5.74) is 3.05. The Hall–Kier alpha value is -1.69. The summed E-state index contributed by atoms with van der Waals surface area (Å²) in [7, 11) is 0. The molecule has 1 N–H and O–H groups in total. The van der Waals surface area contributed by atoms with Crippen molar-refractivity contribution in [1.29, 1.82) is 0 Å². The molecule has 0 atom stereocenters. The monoisotopic (exact) mass is 303 g/mol. The van der Waals surface area contributed by atoms with Crippen molar-refractivity contribution in [2.24, 2.45) is 0 Å². The molecule has 110 valence electrons. The van der Waals surface area contributed by atoms with E-state index in [4.69, 9.17) is 16.6 Å². The maximum absolute atomic E-state index is 12.9. The maximum atomic E-state index is 12.9. The van der Waals surface area contributed by atoms with E-state index in [2.05, 4.69) is 10.2 Å². The molecule has 0 aromatic carbocycles. The largest absolute Gasteiger partial charge is 0.409 e. The second-order valence-electron chi connectivity index (χ2n) is 5.92. The van der Waals surface area contributed by atoms with Crippen LogP contribution < -0.4 is 5.56 Å². The topological polar surface area (TPSA) is 63.8 Å². The van der Waals surface area contributed by atoms with Gasteiger partial charge in [-0.3, -0.25) is 4.79 Å². The average Bonchev–Trinajstić information content (AvgIpc) is 3.18. The molecular formula is C15H17N3O2S. The first-order valence-corrected chi connectivity index (χ1v) is 7.98. The van der Waals surface area contributed by atoms with Gasteiger partial charge < -0.3 is 8.98 Å². The standard InChI is InChI=1S/C15H17N3O2S/c19-14-11(13-16-17-15(21)20-13)8-9-4-3-7-12(9)18(14)10-5-1-2-6-10/h8,10H,1-7H2,(H,17,21). The molecule has 0 aliphatic heterocycles. The Bertz CT molecular complexity index is 796. The summed E-state index contributed by atoms with van der Waals surface area (Å²) in [6.45, 7) is 0. The van der Waals surface area contributed by atoms with Crippen molar-refractivity contribution in [1.82, 2.24) is 14.8 Å². The van der Waals surface area contributed by atoms with E-state index in [0.29, 0.717) is 17.5 Å². The third-order valence-electron chi connectivity index (χ3n) is 4.65.